The van der Waals surface area contributed by atoms with Gasteiger partial charge in [0, 0.05) is 10.4 Å². The van der Waals surface area contributed by atoms with Crippen molar-refractivity contribution >= 4 is 51.6 Å². The molecule has 1 nitrogen and oxygen atoms in total. The lowest BCUT2D eigenvalue weighted by Crippen LogP contribution is -1.99. The van der Waals surface area contributed by atoms with Gasteiger partial charge in [-0.2, -0.15) is 0 Å². The molecular weight excluding hydrogens is 295 g/mol. The van der Waals surface area contributed by atoms with Gasteiger partial charge < -0.3 is 4.74 Å². The molecule has 0 saturated heterocycles. The zero-order valence-electron chi connectivity index (χ0n) is 8.87. The van der Waals surface area contributed by atoms with Gasteiger partial charge >= 0.3 is 0 Å². The maximum atomic E-state index is 6.19. The molecule has 2 rings (SSSR count). The van der Waals surface area contributed by atoms with Crippen molar-refractivity contribution in [1.29, 1.82) is 0 Å². The first-order valence-electron chi connectivity index (χ1n) is 4.75. The molecule has 0 saturated carbocycles. The number of thiophene rings is 1. The lowest BCUT2D eigenvalue weighted by atomic mass is 10.1. The first-order chi connectivity index (χ1) is 8.15. The van der Waals surface area contributed by atoms with E-state index < -0.39 is 0 Å². The molecule has 0 fully saturated rings. The number of hydrogen-bond donors (Lipinski definition) is 0. The molecule has 17 heavy (non-hydrogen) atoms. The van der Waals surface area contributed by atoms with Crippen LogP contribution in [0, 0.1) is 0 Å². The molecule has 2 aromatic rings. The second-order valence-corrected chi connectivity index (χ2v) is 5.36. The van der Waals surface area contributed by atoms with Gasteiger partial charge in [0.25, 0.3) is 0 Å². The third-order valence-electron chi connectivity index (χ3n) is 2.26. The molecule has 0 atom stereocenters. The Morgan fingerprint density at radius 3 is 2.59 bits per heavy atom. The molecule has 0 bridgehead atoms. The molecule has 0 unspecified atom stereocenters. The van der Waals surface area contributed by atoms with Crippen LogP contribution in [0.4, 0.5) is 0 Å². The van der Waals surface area contributed by atoms with Crippen LogP contribution in [0.2, 0.25) is 10.0 Å². The van der Waals surface area contributed by atoms with Gasteiger partial charge in [-0.3, -0.25) is 0 Å². The van der Waals surface area contributed by atoms with Crippen molar-refractivity contribution in [2.75, 3.05) is 7.11 Å². The van der Waals surface area contributed by atoms with E-state index in [0.717, 1.165) is 10.4 Å². The highest BCUT2D eigenvalue weighted by molar-refractivity contribution is 7.81. The van der Waals surface area contributed by atoms with E-state index in [1.165, 1.54) is 0 Å². The summed E-state index contributed by atoms with van der Waals surface area (Å²) in [5.74, 6) is 0.550. The maximum Gasteiger partial charge on any atom is 0.139 e. The van der Waals surface area contributed by atoms with E-state index in [0.29, 0.717) is 20.7 Å². The lowest BCUT2D eigenvalue weighted by Gasteiger charge is -2.09. The van der Waals surface area contributed by atoms with Gasteiger partial charge in [0.15, 0.2) is 0 Å². The van der Waals surface area contributed by atoms with Gasteiger partial charge in [0.1, 0.15) is 10.8 Å². The number of halogens is 2. The topological polar surface area (TPSA) is 9.23 Å². The van der Waals surface area contributed by atoms with Crippen LogP contribution in [0.1, 0.15) is 10.4 Å². The summed E-state index contributed by atoms with van der Waals surface area (Å²) in [5, 5.41) is 2.80. The van der Waals surface area contributed by atoms with Crippen molar-refractivity contribution in [2.45, 2.75) is 0 Å². The molecule has 1 aromatic carbocycles. The molecule has 0 N–H and O–H groups in total. The van der Waals surface area contributed by atoms with Gasteiger partial charge in [-0.15, -0.1) is 11.3 Å². The Labute approximate surface area is 119 Å². The summed E-state index contributed by atoms with van der Waals surface area (Å²) in [7, 11) is 1.55. The van der Waals surface area contributed by atoms with Gasteiger partial charge in [-0.1, -0.05) is 41.5 Å². The predicted molar refractivity (Wildman–Crippen MR) is 78.1 cm³/mol. The zero-order valence-corrected chi connectivity index (χ0v) is 12.0. The number of methoxy groups -OCH3 is 1. The summed E-state index contributed by atoms with van der Waals surface area (Å²) in [6.45, 7) is 0. The minimum absolute atomic E-state index is 0.394. The van der Waals surface area contributed by atoms with E-state index >= 15 is 0 Å². The predicted octanol–water partition coefficient (Wildman–Crippen LogP) is 4.83. The zero-order chi connectivity index (χ0) is 12.4. The second-order valence-electron chi connectivity index (χ2n) is 3.25. The molecule has 0 radical (unpaired) electrons. The third-order valence-corrected chi connectivity index (χ3v) is 4.58. The SMILES string of the molecule is COc1ccc(C(=S)c2cccs2)c(Cl)c1Cl. The van der Waals surface area contributed by atoms with Crippen LogP contribution < -0.4 is 4.74 Å². The molecule has 5 heteroatoms. The fourth-order valence-electron chi connectivity index (χ4n) is 1.41. The Balaban J connectivity index is 2.47. The number of rotatable bonds is 3. The van der Waals surface area contributed by atoms with Crippen LogP contribution in [0.3, 0.4) is 0 Å². The molecular formula is C12H8Cl2OS2. The molecule has 0 aliphatic rings. The van der Waals surface area contributed by atoms with Crippen molar-refractivity contribution in [3.05, 3.63) is 50.1 Å². The lowest BCUT2D eigenvalue weighted by molar-refractivity contribution is 0.415. The molecule has 88 valence electrons. The normalized spacial score (nSPS) is 10.3. The molecule has 0 spiro atoms. The van der Waals surface area contributed by atoms with E-state index in [4.69, 9.17) is 40.2 Å². The maximum absolute atomic E-state index is 6.19. The highest BCUT2D eigenvalue weighted by Gasteiger charge is 2.15. The van der Waals surface area contributed by atoms with Gasteiger partial charge in [0.2, 0.25) is 0 Å². The summed E-state index contributed by atoms with van der Waals surface area (Å²) >= 11 is 19.3. The largest absolute Gasteiger partial charge is 0.495 e. The fraction of sp³-hybridized carbons (Fsp3) is 0.0833. The van der Waals surface area contributed by atoms with Crippen molar-refractivity contribution < 1.29 is 4.74 Å². The first kappa shape index (κ1) is 12.8. The van der Waals surface area contributed by atoms with E-state index in [-0.39, 0.29) is 0 Å². The molecule has 1 heterocycles. The average molecular weight is 303 g/mol. The van der Waals surface area contributed by atoms with E-state index in [1.807, 2.05) is 23.6 Å². The van der Waals surface area contributed by atoms with Crippen molar-refractivity contribution in [3.8, 4) is 5.75 Å². The van der Waals surface area contributed by atoms with Gasteiger partial charge in [-0.25, -0.2) is 0 Å². The fourth-order valence-corrected chi connectivity index (χ4v) is 3.01. The monoisotopic (exact) mass is 302 g/mol. The number of hydrogen-bond acceptors (Lipinski definition) is 3. The highest BCUT2D eigenvalue weighted by atomic mass is 35.5. The Morgan fingerprint density at radius 2 is 2.00 bits per heavy atom. The summed E-state index contributed by atoms with van der Waals surface area (Å²) < 4.78 is 5.09. The van der Waals surface area contributed by atoms with E-state index in [2.05, 4.69) is 0 Å². The van der Waals surface area contributed by atoms with Crippen LogP contribution in [0.15, 0.2) is 29.6 Å². The van der Waals surface area contributed by atoms with Crippen molar-refractivity contribution in [2.24, 2.45) is 0 Å². The standard InChI is InChI=1S/C12H8Cl2OS2/c1-15-8-5-4-7(10(13)11(8)14)12(16)9-3-2-6-17-9/h2-6H,1H3. The third kappa shape index (κ3) is 2.47. The van der Waals surface area contributed by atoms with Crippen molar-refractivity contribution in [1.82, 2.24) is 0 Å². The Bertz CT molecular complexity index is 550. The number of benzene rings is 1. The minimum atomic E-state index is 0.394. The summed E-state index contributed by atoms with van der Waals surface area (Å²) in [4.78, 5) is 1.71. The average Bonchev–Trinajstić information content (AvgIpc) is 2.85. The van der Waals surface area contributed by atoms with Gasteiger partial charge in [0.05, 0.1) is 17.0 Å². The van der Waals surface area contributed by atoms with Crippen LogP contribution in [0.5, 0.6) is 5.75 Å². The Hall–Kier alpha value is -0.610. The minimum Gasteiger partial charge on any atom is -0.495 e. The van der Waals surface area contributed by atoms with Crippen molar-refractivity contribution in [3.63, 3.8) is 0 Å². The quantitative estimate of drug-likeness (QED) is 0.593. The summed E-state index contributed by atoms with van der Waals surface area (Å²) in [5.41, 5.74) is 0.759. The molecule has 0 amide bonds. The number of thiocarbonyl (C=S) groups is 1. The van der Waals surface area contributed by atoms with Crippen LogP contribution in [-0.2, 0) is 0 Å². The highest BCUT2D eigenvalue weighted by Crippen LogP contribution is 2.36. The smallest absolute Gasteiger partial charge is 0.139 e. The second kappa shape index (κ2) is 5.36. The Kier molecular flexibility index (Phi) is 4.05. The Morgan fingerprint density at radius 1 is 1.24 bits per heavy atom. The molecule has 1 aromatic heterocycles. The van der Waals surface area contributed by atoms with Crippen LogP contribution >= 0.6 is 46.8 Å². The summed E-state index contributed by atoms with van der Waals surface area (Å²) in [6, 6.07) is 7.51. The number of ether oxygens (including phenoxy) is 1. The van der Waals surface area contributed by atoms with E-state index in [1.54, 1.807) is 24.5 Å². The molecule has 0 aliphatic carbocycles. The van der Waals surface area contributed by atoms with Crippen LogP contribution in [-0.4, -0.2) is 12.0 Å². The summed E-state index contributed by atoms with van der Waals surface area (Å²) in [6.07, 6.45) is 0. The van der Waals surface area contributed by atoms with Crippen LogP contribution in [0.25, 0.3) is 0 Å². The molecule has 0 aliphatic heterocycles. The first-order valence-corrected chi connectivity index (χ1v) is 6.79. The van der Waals surface area contributed by atoms with Gasteiger partial charge in [-0.05, 0) is 23.6 Å². The van der Waals surface area contributed by atoms with E-state index in [9.17, 15) is 0 Å².